The average molecular weight is 247 g/mol. The van der Waals surface area contributed by atoms with E-state index >= 15 is 0 Å². The highest BCUT2D eigenvalue weighted by molar-refractivity contribution is 5.87. The highest BCUT2D eigenvalue weighted by Crippen LogP contribution is 2.12. The fourth-order valence-corrected chi connectivity index (χ4v) is 1.48. The lowest BCUT2D eigenvalue weighted by Gasteiger charge is -2.16. The first-order chi connectivity index (χ1) is 8.70. The number of rotatable bonds is 4. The highest BCUT2D eigenvalue weighted by Gasteiger charge is 2.11. The molecule has 0 atom stereocenters. The van der Waals surface area contributed by atoms with E-state index in [1.165, 1.54) is 13.3 Å². The lowest BCUT2D eigenvalue weighted by atomic mass is 10.3. The Labute approximate surface area is 104 Å². The molecule has 0 saturated carbocycles. The van der Waals surface area contributed by atoms with Gasteiger partial charge in [-0.1, -0.05) is 0 Å². The van der Waals surface area contributed by atoms with Crippen LogP contribution in [0.5, 0.6) is 0 Å². The molecule has 2 heterocycles. The van der Waals surface area contributed by atoms with Crippen LogP contribution in [-0.4, -0.2) is 30.1 Å². The van der Waals surface area contributed by atoms with Crippen LogP contribution in [0.3, 0.4) is 0 Å². The Kier molecular flexibility index (Phi) is 3.57. The molecule has 0 aromatic carbocycles. The fraction of sp³-hybridized carbons (Fsp3) is 0.250. The van der Waals surface area contributed by atoms with Crippen molar-refractivity contribution in [1.82, 2.24) is 9.97 Å². The summed E-state index contributed by atoms with van der Waals surface area (Å²) in [7, 11) is 3.17. The van der Waals surface area contributed by atoms with Gasteiger partial charge >= 0.3 is 5.97 Å². The predicted octanol–water partition coefficient (Wildman–Crippen LogP) is 1.49. The number of methoxy groups -OCH3 is 1. The van der Waals surface area contributed by atoms with Gasteiger partial charge in [0.1, 0.15) is 5.82 Å². The number of hydrogen-bond acceptors (Lipinski definition) is 6. The van der Waals surface area contributed by atoms with Gasteiger partial charge in [-0.25, -0.2) is 9.78 Å². The Morgan fingerprint density at radius 1 is 1.50 bits per heavy atom. The second kappa shape index (κ2) is 5.31. The molecule has 6 heteroatoms. The average Bonchev–Trinajstić information content (AvgIpc) is 2.90. The summed E-state index contributed by atoms with van der Waals surface area (Å²) in [6.07, 6.45) is 6.24. The number of carbonyl (C=O) groups is 1. The van der Waals surface area contributed by atoms with E-state index in [0.29, 0.717) is 12.4 Å². The first kappa shape index (κ1) is 12.1. The van der Waals surface area contributed by atoms with Gasteiger partial charge in [0, 0.05) is 19.2 Å². The molecule has 0 fully saturated rings. The van der Waals surface area contributed by atoms with Crippen LogP contribution in [0.25, 0.3) is 0 Å². The molecule has 0 unspecified atom stereocenters. The van der Waals surface area contributed by atoms with Crippen molar-refractivity contribution in [1.29, 1.82) is 0 Å². The van der Waals surface area contributed by atoms with Gasteiger partial charge in [-0.15, -0.1) is 0 Å². The van der Waals surface area contributed by atoms with Gasteiger partial charge in [0.2, 0.25) is 0 Å². The van der Waals surface area contributed by atoms with Crippen molar-refractivity contribution in [3.63, 3.8) is 0 Å². The SMILES string of the molecule is COC(=O)c1cncc(N(C)Cc2ccoc2)n1. The van der Waals surface area contributed by atoms with Crippen LogP contribution in [-0.2, 0) is 11.3 Å². The van der Waals surface area contributed by atoms with E-state index in [-0.39, 0.29) is 5.69 Å². The van der Waals surface area contributed by atoms with Crippen LogP contribution in [0.2, 0.25) is 0 Å². The third-order valence-electron chi connectivity index (χ3n) is 2.41. The maximum atomic E-state index is 11.3. The number of aromatic nitrogens is 2. The van der Waals surface area contributed by atoms with Crippen molar-refractivity contribution in [3.8, 4) is 0 Å². The second-order valence-electron chi connectivity index (χ2n) is 3.74. The Morgan fingerprint density at radius 3 is 3.00 bits per heavy atom. The minimum atomic E-state index is -0.499. The largest absolute Gasteiger partial charge is 0.472 e. The van der Waals surface area contributed by atoms with Crippen molar-refractivity contribution in [2.75, 3.05) is 19.1 Å². The zero-order chi connectivity index (χ0) is 13.0. The second-order valence-corrected chi connectivity index (χ2v) is 3.74. The van der Waals surface area contributed by atoms with E-state index in [9.17, 15) is 4.79 Å². The summed E-state index contributed by atoms with van der Waals surface area (Å²) in [6, 6.07) is 1.87. The minimum Gasteiger partial charge on any atom is -0.472 e. The Bertz CT molecular complexity index is 525. The van der Waals surface area contributed by atoms with Crippen LogP contribution in [0, 0.1) is 0 Å². The van der Waals surface area contributed by atoms with Gasteiger partial charge in [-0.3, -0.25) is 4.98 Å². The summed E-state index contributed by atoms with van der Waals surface area (Å²) in [5.74, 6) is 0.0974. The predicted molar refractivity (Wildman–Crippen MR) is 64.2 cm³/mol. The monoisotopic (exact) mass is 247 g/mol. The van der Waals surface area contributed by atoms with E-state index < -0.39 is 5.97 Å². The van der Waals surface area contributed by atoms with Crippen molar-refractivity contribution < 1.29 is 13.9 Å². The van der Waals surface area contributed by atoms with E-state index in [4.69, 9.17) is 4.42 Å². The molecule has 0 aliphatic heterocycles. The third kappa shape index (κ3) is 2.65. The lowest BCUT2D eigenvalue weighted by molar-refractivity contribution is 0.0593. The number of hydrogen-bond donors (Lipinski definition) is 0. The van der Waals surface area contributed by atoms with Gasteiger partial charge in [0.05, 0.1) is 32.0 Å². The Balaban J connectivity index is 2.15. The standard InChI is InChI=1S/C12H13N3O3/c1-15(7-9-3-4-18-8-9)11-6-13-5-10(14-11)12(16)17-2/h3-6,8H,7H2,1-2H3. The van der Waals surface area contributed by atoms with Gasteiger partial charge in [-0.2, -0.15) is 0 Å². The molecule has 2 aromatic heterocycles. The van der Waals surface area contributed by atoms with Gasteiger partial charge in [0.15, 0.2) is 5.69 Å². The van der Waals surface area contributed by atoms with Crippen LogP contribution < -0.4 is 4.90 Å². The molecule has 0 bridgehead atoms. The first-order valence-corrected chi connectivity index (χ1v) is 5.33. The molecular formula is C12H13N3O3. The summed E-state index contributed by atoms with van der Waals surface area (Å²) in [6.45, 7) is 0.621. The molecule has 0 aliphatic carbocycles. The summed E-state index contributed by atoms with van der Waals surface area (Å²) in [5.41, 5.74) is 1.21. The molecule has 94 valence electrons. The van der Waals surface area contributed by atoms with E-state index in [1.807, 2.05) is 18.0 Å². The third-order valence-corrected chi connectivity index (χ3v) is 2.41. The lowest BCUT2D eigenvalue weighted by Crippen LogP contribution is -2.19. The maximum Gasteiger partial charge on any atom is 0.358 e. The van der Waals surface area contributed by atoms with Gasteiger partial charge < -0.3 is 14.1 Å². The molecule has 0 amide bonds. The van der Waals surface area contributed by atoms with Crippen LogP contribution in [0.4, 0.5) is 5.82 Å². The smallest absolute Gasteiger partial charge is 0.358 e. The molecule has 6 nitrogen and oxygen atoms in total. The van der Waals surface area contributed by atoms with Gasteiger partial charge in [-0.05, 0) is 6.07 Å². The van der Waals surface area contributed by atoms with Crippen molar-refractivity contribution in [2.24, 2.45) is 0 Å². The Hall–Kier alpha value is -2.37. The van der Waals surface area contributed by atoms with Crippen molar-refractivity contribution in [3.05, 3.63) is 42.2 Å². The zero-order valence-corrected chi connectivity index (χ0v) is 10.2. The number of esters is 1. The molecule has 0 spiro atoms. The van der Waals surface area contributed by atoms with E-state index in [2.05, 4.69) is 14.7 Å². The molecule has 18 heavy (non-hydrogen) atoms. The Morgan fingerprint density at radius 2 is 2.33 bits per heavy atom. The van der Waals surface area contributed by atoms with Crippen LogP contribution in [0.15, 0.2) is 35.4 Å². The zero-order valence-electron chi connectivity index (χ0n) is 10.2. The molecule has 0 radical (unpaired) electrons. The first-order valence-electron chi connectivity index (χ1n) is 5.33. The number of carbonyl (C=O) groups excluding carboxylic acids is 1. The van der Waals surface area contributed by atoms with Crippen LogP contribution in [0.1, 0.15) is 16.1 Å². The molecule has 2 rings (SSSR count). The number of ether oxygens (including phenoxy) is 1. The normalized spacial score (nSPS) is 10.1. The molecule has 0 saturated heterocycles. The van der Waals surface area contributed by atoms with Crippen LogP contribution >= 0.6 is 0 Å². The number of furan rings is 1. The minimum absolute atomic E-state index is 0.189. The summed E-state index contributed by atoms with van der Waals surface area (Å²) >= 11 is 0. The molecule has 0 aliphatic rings. The summed E-state index contributed by atoms with van der Waals surface area (Å²) < 4.78 is 9.60. The summed E-state index contributed by atoms with van der Waals surface area (Å²) in [4.78, 5) is 21.4. The summed E-state index contributed by atoms with van der Waals surface area (Å²) in [5, 5.41) is 0. The van der Waals surface area contributed by atoms with E-state index in [1.54, 1.807) is 18.7 Å². The number of anilines is 1. The van der Waals surface area contributed by atoms with Crippen molar-refractivity contribution >= 4 is 11.8 Å². The quantitative estimate of drug-likeness (QED) is 0.762. The molecular weight excluding hydrogens is 234 g/mol. The fourth-order valence-electron chi connectivity index (χ4n) is 1.48. The topological polar surface area (TPSA) is 68.5 Å². The van der Waals surface area contributed by atoms with Gasteiger partial charge in [0.25, 0.3) is 0 Å². The number of nitrogens with zero attached hydrogens (tertiary/aromatic N) is 3. The van der Waals surface area contributed by atoms with E-state index in [0.717, 1.165) is 5.56 Å². The molecule has 0 N–H and O–H groups in total. The van der Waals surface area contributed by atoms with Crippen molar-refractivity contribution in [2.45, 2.75) is 6.54 Å². The molecule has 2 aromatic rings. The maximum absolute atomic E-state index is 11.3. The highest BCUT2D eigenvalue weighted by atomic mass is 16.5.